The quantitative estimate of drug-likeness (QED) is 0.565. The first kappa shape index (κ1) is 6.71. The zero-order valence-corrected chi connectivity index (χ0v) is 5.98. The lowest BCUT2D eigenvalue weighted by Gasteiger charge is -1.93. The Morgan fingerprint density at radius 2 is 2.33 bits per heavy atom. The summed E-state index contributed by atoms with van der Waals surface area (Å²) >= 11 is 0. The minimum Gasteiger partial charge on any atom is -0.382 e. The highest BCUT2D eigenvalue weighted by Gasteiger charge is 2.05. The van der Waals surface area contributed by atoms with Crippen LogP contribution in [0.25, 0.3) is 11.2 Å². The molecule has 0 saturated heterocycles. The SMILES string of the molecule is Nc1nc(C=O)nc2nc[nH]c12. The molecule has 0 aliphatic rings. The molecule has 0 saturated carbocycles. The van der Waals surface area contributed by atoms with Crippen molar-refractivity contribution in [3.8, 4) is 0 Å². The minimum atomic E-state index is 0.0482. The van der Waals surface area contributed by atoms with Crippen molar-refractivity contribution in [3.63, 3.8) is 0 Å². The Hall–Kier alpha value is -1.98. The zero-order valence-electron chi connectivity index (χ0n) is 5.98. The topological polar surface area (TPSA) is 97.6 Å². The van der Waals surface area contributed by atoms with Crippen LogP contribution in [0.4, 0.5) is 5.82 Å². The maximum Gasteiger partial charge on any atom is 0.196 e. The number of aldehydes is 1. The fraction of sp³-hybridized carbons (Fsp3) is 0. The number of nitrogens with zero attached hydrogens (tertiary/aromatic N) is 3. The lowest BCUT2D eigenvalue weighted by Crippen LogP contribution is -1.99. The molecule has 2 aromatic rings. The number of rotatable bonds is 1. The number of fused-ring (bicyclic) bond motifs is 1. The van der Waals surface area contributed by atoms with E-state index in [0.717, 1.165) is 0 Å². The van der Waals surface area contributed by atoms with Gasteiger partial charge in [-0.1, -0.05) is 0 Å². The van der Waals surface area contributed by atoms with Crippen molar-refractivity contribution in [2.75, 3.05) is 5.73 Å². The number of carbonyl (C=O) groups is 1. The van der Waals surface area contributed by atoms with Gasteiger partial charge in [-0.25, -0.2) is 15.0 Å². The second-order valence-corrected chi connectivity index (χ2v) is 2.19. The van der Waals surface area contributed by atoms with E-state index in [4.69, 9.17) is 5.73 Å². The average Bonchev–Trinajstić information content (AvgIpc) is 2.52. The van der Waals surface area contributed by atoms with E-state index in [2.05, 4.69) is 19.9 Å². The van der Waals surface area contributed by atoms with E-state index in [-0.39, 0.29) is 11.6 Å². The number of hydrogen-bond donors (Lipinski definition) is 2. The molecule has 0 amide bonds. The number of aromatic nitrogens is 4. The Morgan fingerprint density at radius 1 is 1.50 bits per heavy atom. The first-order chi connectivity index (χ1) is 5.81. The maximum atomic E-state index is 10.3. The van der Waals surface area contributed by atoms with E-state index in [1.54, 1.807) is 0 Å². The number of nitrogen functional groups attached to an aromatic ring is 1. The monoisotopic (exact) mass is 163 g/mol. The van der Waals surface area contributed by atoms with Gasteiger partial charge in [0.15, 0.2) is 23.6 Å². The number of nitrogens with one attached hydrogen (secondary N) is 1. The number of imidazole rings is 1. The lowest BCUT2D eigenvalue weighted by atomic mass is 10.5. The van der Waals surface area contributed by atoms with Gasteiger partial charge in [-0.05, 0) is 0 Å². The standard InChI is InChI=1S/C6H5N5O/c7-5-4-6(9-2-8-4)11-3(1-12)10-5/h1-2H,(H3,7,8,9,10,11). The third-order valence-corrected chi connectivity index (χ3v) is 1.44. The van der Waals surface area contributed by atoms with Gasteiger partial charge in [0.1, 0.15) is 5.52 Å². The van der Waals surface area contributed by atoms with Crippen molar-refractivity contribution in [2.45, 2.75) is 0 Å². The fourth-order valence-electron chi connectivity index (χ4n) is 0.926. The molecule has 2 heterocycles. The van der Waals surface area contributed by atoms with Crippen molar-refractivity contribution in [1.82, 2.24) is 19.9 Å². The Labute approximate surface area is 66.8 Å². The van der Waals surface area contributed by atoms with Crippen LogP contribution >= 0.6 is 0 Å². The summed E-state index contributed by atoms with van der Waals surface area (Å²) in [6.45, 7) is 0. The lowest BCUT2D eigenvalue weighted by molar-refractivity contribution is 0.111. The maximum absolute atomic E-state index is 10.3. The second kappa shape index (κ2) is 2.26. The summed E-state index contributed by atoms with van der Waals surface area (Å²) in [6.07, 6.45) is 1.98. The summed E-state index contributed by atoms with van der Waals surface area (Å²) < 4.78 is 0. The van der Waals surface area contributed by atoms with Crippen LogP contribution in [0.1, 0.15) is 10.6 Å². The number of anilines is 1. The third-order valence-electron chi connectivity index (χ3n) is 1.44. The molecule has 0 aromatic carbocycles. The van der Waals surface area contributed by atoms with Crippen LogP contribution in [0, 0.1) is 0 Å². The van der Waals surface area contributed by atoms with Gasteiger partial charge in [-0.3, -0.25) is 4.79 Å². The van der Waals surface area contributed by atoms with Crippen molar-refractivity contribution in [3.05, 3.63) is 12.2 Å². The summed E-state index contributed by atoms with van der Waals surface area (Å²) in [5, 5.41) is 0. The van der Waals surface area contributed by atoms with E-state index in [0.29, 0.717) is 17.5 Å². The third kappa shape index (κ3) is 0.815. The van der Waals surface area contributed by atoms with Crippen LogP contribution in [0.3, 0.4) is 0 Å². The molecule has 0 fully saturated rings. The normalized spacial score (nSPS) is 10.3. The Morgan fingerprint density at radius 3 is 3.08 bits per heavy atom. The summed E-state index contributed by atoms with van der Waals surface area (Å²) in [5.41, 5.74) is 6.46. The molecule has 60 valence electrons. The first-order valence-electron chi connectivity index (χ1n) is 3.23. The van der Waals surface area contributed by atoms with Gasteiger partial charge in [0.2, 0.25) is 0 Å². The van der Waals surface area contributed by atoms with E-state index < -0.39 is 0 Å². The number of hydrogen-bond acceptors (Lipinski definition) is 5. The van der Waals surface area contributed by atoms with Crippen LogP contribution in [0.5, 0.6) is 0 Å². The Balaban J connectivity index is 2.83. The van der Waals surface area contributed by atoms with Crippen LogP contribution in [-0.4, -0.2) is 26.2 Å². The highest BCUT2D eigenvalue weighted by atomic mass is 16.1. The highest BCUT2D eigenvalue weighted by molar-refractivity contribution is 5.84. The molecule has 0 radical (unpaired) electrons. The van der Waals surface area contributed by atoms with E-state index in [1.165, 1.54) is 6.33 Å². The van der Waals surface area contributed by atoms with Gasteiger partial charge in [-0.15, -0.1) is 0 Å². The van der Waals surface area contributed by atoms with Gasteiger partial charge in [0.25, 0.3) is 0 Å². The molecule has 2 aromatic heterocycles. The van der Waals surface area contributed by atoms with Gasteiger partial charge < -0.3 is 10.7 Å². The molecule has 3 N–H and O–H groups in total. The summed E-state index contributed by atoms with van der Waals surface area (Å²) in [6, 6.07) is 0. The molecule has 0 bridgehead atoms. The number of aromatic amines is 1. The molecule has 0 atom stereocenters. The summed E-state index contributed by atoms with van der Waals surface area (Å²) in [5.74, 6) is 0.284. The summed E-state index contributed by atoms with van der Waals surface area (Å²) in [7, 11) is 0. The Bertz CT molecular complexity index is 434. The molecule has 0 aliphatic carbocycles. The summed E-state index contributed by atoms with van der Waals surface area (Å²) in [4.78, 5) is 24.4. The van der Waals surface area contributed by atoms with Crippen LogP contribution in [-0.2, 0) is 0 Å². The van der Waals surface area contributed by atoms with Gasteiger partial charge in [0.05, 0.1) is 6.33 Å². The minimum absolute atomic E-state index is 0.0482. The zero-order chi connectivity index (χ0) is 8.55. The highest BCUT2D eigenvalue weighted by Crippen LogP contribution is 2.11. The van der Waals surface area contributed by atoms with E-state index >= 15 is 0 Å². The molecular weight excluding hydrogens is 158 g/mol. The molecular formula is C6H5N5O. The van der Waals surface area contributed by atoms with Gasteiger partial charge >= 0.3 is 0 Å². The van der Waals surface area contributed by atoms with E-state index in [1.807, 2.05) is 0 Å². The van der Waals surface area contributed by atoms with E-state index in [9.17, 15) is 4.79 Å². The molecule has 0 aliphatic heterocycles. The average molecular weight is 163 g/mol. The van der Waals surface area contributed by atoms with Crippen molar-refractivity contribution >= 4 is 23.3 Å². The predicted molar refractivity (Wildman–Crippen MR) is 41.5 cm³/mol. The molecule has 0 spiro atoms. The molecule has 6 heteroatoms. The van der Waals surface area contributed by atoms with Crippen LogP contribution in [0.2, 0.25) is 0 Å². The number of H-pyrrole nitrogens is 1. The molecule has 12 heavy (non-hydrogen) atoms. The van der Waals surface area contributed by atoms with Crippen molar-refractivity contribution < 1.29 is 4.79 Å². The fourth-order valence-corrected chi connectivity index (χ4v) is 0.926. The molecule has 6 nitrogen and oxygen atoms in total. The largest absolute Gasteiger partial charge is 0.382 e. The first-order valence-corrected chi connectivity index (χ1v) is 3.23. The van der Waals surface area contributed by atoms with Crippen molar-refractivity contribution in [2.24, 2.45) is 0 Å². The van der Waals surface area contributed by atoms with Crippen LogP contribution in [0.15, 0.2) is 6.33 Å². The van der Waals surface area contributed by atoms with Crippen molar-refractivity contribution in [1.29, 1.82) is 0 Å². The predicted octanol–water partition coefficient (Wildman–Crippen LogP) is -0.252. The van der Waals surface area contributed by atoms with Gasteiger partial charge in [-0.2, -0.15) is 0 Å². The van der Waals surface area contributed by atoms with Gasteiger partial charge in [0, 0.05) is 0 Å². The smallest absolute Gasteiger partial charge is 0.196 e. The molecule has 0 unspecified atom stereocenters. The molecule has 2 rings (SSSR count). The second-order valence-electron chi connectivity index (χ2n) is 2.19. The van der Waals surface area contributed by atoms with Crippen LogP contribution < -0.4 is 5.73 Å². The number of carbonyl (C=O) groups excluding carboxylic acids is 1. The Kier molecular flexibility index (Phi) is 1.26. The number of nitrogens with two attached hydrogens (primary N) is 1.